The van der Waals surface area contributed by atoms with E-state index < -0.39 is 11.9 Å². The van der Waals surface area contributed by atoms with Crippen LogP contribution in [0.4, 0.5) is 13.2 Å². The van der Waals surface area contributed by atoms with E-state index >= 15 is 0 Å². The van der Waals surface area contributed by atoms with Crippen molar-refractivity contribution >= 4 is 5.91 Å². The van der Waals surface area contributed by atoms with Crippen molar-refractivity contribution in [2.75, 3.05) is 26.2 Å². The minimum atomic E-state index is -4.40. The van der Waals surface area contributed by atoms with E-state index in [1.807, 2.05) is 4.90 Å². The molecule has 0 aromatic carbocycles. The Hall–Kier alpha value is -1.57. The van der Waals surface area contributed by atoms with E-state index in [1.54, 1.807) is 0 Å². The highest BCUT2D eigenvalue weighted by Crippen LogP contribution is 2.29. The molecule has 1 N–H and O–H groups in total. The van der Waals surface area contributed by atoms with E-state index in [2.05, 4.69) is 10.4 Å². The number of amides is 1. The first-order valence-electron chi connectivity index (χ1n) is 7.07. The van der Waals surface area contributed by atoms with E-state index in [9.17, 15) is 18.0 Å². The van der Waals surface area contributed by atoms with Gasteiger partial charge in [-0.1, -0.05) is 0 Å². The Labute approximate surface area is 120 Å². The summed E-state index contributed by atoms with van der Waals surface area (Å²) < 4.78 is 39.0. The molecule has 2 aliphatic heterocycles. The number of piperidine rings is 1. The third kappa shape index (κ3) is 2.90. The van der Waals surface area contributed by atoms with Crippen molar-refractivity contribution in [3.8, 4) is 0 Å². The molecule has 1 amide bonds. The summed E-state index contributed by atoms with van der Waals surface area (Å²) in [6.45, 7) is 2.63. The minimum absolute atomic E-state index is 0.0651. The molecule has 1 aromatic heterocycles. The lowest BCUT2D eigenvalue weighted by Crippen LogP contribution is -2.53. The quantitative estimate of drug-likeness (QED) is 0.895. The Morgan fingerprint density at radius 3 is 2.43 bits per heavy atom. The van der Waals surface area contributed by atoms with Crippen LogP contribution in [0.1, 0.15) is 24.6 Å². The van der Waals surface area contributed by atoms with Crippen molar-refractivity contribution in [3.63, 3.8) is 0 Å². The number of nitrogens with one attached hydrogen (secondary N) is 1. The van der Waals surface area contributed by atoms with Crippen LogP contribution in [-0.4, -0.2) is 46.8 Å². The van der Waals surface area contributed by atoms with Crippen LogP contribution < -0.4 is 5.32 Å². The summed E-state index contributed by atoms with van der Waals surface area (Å²) in [5, 5.41) is 6.68. The van der Waals surface area contributed by atoms with Crippen molar-refractivity contribution in [2.24, 2.45) is 5.92 Å². The smallest absolute Gasteiger partial charge is 0.342 e. The van der Waals surface area contributed by atoms with E-state index in [0.717, 1.165) is 19.2 Å². The average molecular weight is 302 g/mol. The number of hydrogen-bond donors (Lipinski definition) is 1. The van der Waals surface area contributed by atoms with Crippen LogP contribution >= 0.6 is 0 Å². The lowest BCUT2D eigenvalue weighted by molar-refractivity contribution is -0.141. The fourth-order valence-corrected chi connectivity index (χ4v) is 2.76. The van der Waals surface area contributed by atoms with Crippen molar-refractivity contribution in [3.05, 3.63) is 18.0 Å². The van der Waals surface area contributed by atoms with Gasteiger partial charge >= 0.3 is 6.18 Å². The topological polar surface area (TPSA) is 50.2 Å². The van der Waals surface area contributed by atoms with Gasteiger partial charge in [0.15, 0.2) is 5.69 Å². The number of hydrogen-bond acceptors (Lipinski definition) is 3. The normalized spacial score (nSPS) is 21.4. The number of carbonyl (C=O) groups is 1. The number of likely N-dealkylation sites (tertiary alicyclic amines) is 1. The predicted octanol–water partition coefficient (Wildman–Crippen LogP) is 1.28. The van der Waals surface area contributed by atoms with Crippen molar-refractivity contribution in [2.45, 2.75) is 25.1 Å². The van der Waals surface area contributed by atoms with Gasteiger partial charge in [0, 0.05) is 32.4 Å². The SMILES string of the molecule is O=C(C1CNC1)N1CCC(n2ccc(C(F)(F)F)n2)CC1. The zero-order valence-electron chi connectivity index (χ0n) is 11.4. The molecule has 8 heteroatoms. The Kier molecular flexibility index (Phi) is 3.64. The van der Waals surface area contributed by atoms with Gasteiger partial charge in [-0.05, 0) is 18.9 Å². The van der Waals surface area contributed by atoms with E-state index in [-0.39, 0.29) is 17.9 Å². The van der Waals surface area contributed by atoms with Crippen LogP contribution in [0.15, 0.2) is 12.3 Å². The molecule has 0 saturated carbocycles. The lowest BCUT2D eigenvalue weighted by atomic mass is 9.98. The molecule has 3 rings (SSSR count). The molecular weight excluding hydrogens is 285 g/mol. The van der Waals surface area contributed by atoms with Gasteiger partial charge in [-0.2, -0.15) is 18.3 Å². The molecule has 5 nitrogen and oxygen atoms in total. The molecule has 21 heavy (non-hydrogen) atoms. The zero-order chi connectivity index (χ0) is 15.0. The highest BCUT2D eigenvalue weighted by Gasteiger charge is 2.35. The fraction of sp³-hybridized carbons (Fsp3) is 0.692. The molecule has 3 heterocycles. The molecule has 2 fully saturated rings. The molecule has 2 saturated heterocycles. The first-order chi connectivity index (χ1) is 9.95. The number of aromatic nitrogens is 2. The number of halogens is 3. The van der Waals surface area contributed by atoms with Gasteiger partial charge in [-0.3, -0.25) is 9.48 Å². The van der Waals surface area contributed by atoms with Gasteiger partial charge in [-0.15, -0.1) is 0 Å². The molecule has 0 atom stereocenters. The first kappa shape index (κ1) is 14.4. The van der Waals surface area contributed by atoms with Gasteiger partial charge < -0.3 is 10.2 Å². The molecule has 1 aromatic rings. The number of carbonyl (C=O) groups excluding carboxylic acids is 1. The van der Waals surface area contributed by atoms with Crippen molar-refractivity contribution in [1.29, 1.82) is 0 Å². The zero-order valence-corrected chi connectivity index (χ0v) is 11.4. The largest absolute Gasteiger partial charge is 0.435 e. The summed E-state index contributed by atoms with van der Waals surface area (Å²) in [5.41, 5.74) is -0.860. The second kappa shape index (κ2) is 5.32. The predicted molar refractivity (Wildman–Crippen MR) is 68.4 cm³/mol. The molecule has 2 aliphatic rings. The van der Waals surface area contributed by atoms with Crippen molar-refractivity contribution in [1.82, 2.24) is 20.0 Å². The Morgan fingerprint density at radius 1 is 1.29 bits per heavy atom. The number of nitrogens with zero attached hydrogens (tertiary/aromatic N) is 3. The summed E-state index contributed by atoms with van der Waals surface area (Å²) in [4.78, 5) is 13.9. The van der Waals surface area contributed by atoms with Gasteiger partial charge in [0.2, 0.25) is 5.91 Å². The van der Waals surface area contributed by atoms with Gasteiger partial charge in [0.1, 0.15) is 0 Å². The number of rotatable bonds is 2. The molecule has 0 aliphatic carbocycles. The van der Waals surface area contributed by atoms with Gasteiger partial charge in [-0.25, -0.2) is 0 Å². The first-order valence-corrected chi connectivity index (χ1v) is 7.07. The maximum Gasteiger partial charge on any atom is 0.435 e. The summed E-state index contributed by atoms with van der Waals surface area (Å²) in [7, 11) is 0. The van der Waals surface area contributed by atoms with Crippen LogP contribution in [0.25, 0.3) is 0 Å². The summed E-state index contributed by atoms with van der Waals surface area (Å²) in [5.74, 6) is 0.228. The molecule has 0 radical (unpaired) electrons. The van der Waals surface area contributed by atoms with Crippen LogP contribution in [0.5, 0.6) is 0 Å². The second-order valence-corrected chi connectivity index (χ2v) is 5.59. The summed E-state index contributed by atoms with van der Waals surface area (Å²) in [6, 6.07) is 0.932. The highest BCUT2D eigenvalue weighted by atomic mass is 19.4. The molecule has 0 bridgehead atoms. The van der Waals surface area contributed by atoms with Crippen LogP contribution in [0.3, 0.4) is 0 Å². The second-order valence-electron chi connectivity index (χ2n) is 5.59. The summed E-state index contributed by atoms with van der Waals surface area (Å²) in [6.07, 6.45) is -1.74. The van der Waals surface area contributed by atoms with E-state index in [0.29, 0.717) is 25.9 Å². The number of alkyl halides is 3. The maximum absolute atomic E-state index is 12.5. The summed E-state index contributed by atoms with van der Waals surface area (Å²) >= 11 is 0. The van der Waals surface area contributed by atoms with E-state index in [1.165, 1.54) is 10.9 Å². The molecular formula is C13H17F3N4O. The fourth-order valence-electron chi connectivity index (χ4n) is 2.76. The van der Waals surface area contributed by atoms with Crippen LogP contribution in [0.2, 0.25) is 0 Å². The Bertz CT molecular complexity index is 516. The standard InChI is InChI=1S/C13H17F3N4O/c14-13(15,16)11-3-6-20(18-11)10-1-4-19(5-2-10)12(21)9-7-17-8-9/h3,6,9-10,17H,1-2,4-5,7-8H2. The molecule has 116 valence electrons. The Balaban J connectivity index is 1.58. The Morgan fingerprint density at radius 2 is 1.95 bits per heavy atom. The average Bonchev–Trinajstić information content (AvgIpc) is 2.86. The molecule has 0 unspecified atom stereocenters. The van der Waals surface area contributed by atoms with Gasteiger partial charge in [0.25, 0.3) is 0 Å². The van der Waals surface area contributed by atoms with Gasteiger partial charge in [0.05, 0.1) is 12.0 Å². The molecule has 0 spiro atoms. The van der Waals surface area contributed by atoms with Crippen molar-refractivity contribution < 1.29 is 18.0 Å². The maximum atomic E-state index is 12.5. The van der Waals surface area contributed by atoms with Crippen LogP contribution in [-0.2, 0) is 11.0 Å². The third-order valence-corrected chi connectivity index (χ3v) is 4.18. The van der Waals surface area contributed by atoms with E-state index in [4.69, 9.17) is 0 Å². The third-order valence-electron chi connectivity index (χ3n) is 4.18. The van der Waals surface area contributed by atoms with Crippen LogP contribution in [0, 0.1) is 5.92 Å². The minimum Gasteiger partial charge on any atom is -0.342 e. The highest BCUT2D eigenvalue weighted by molar-refractivity contribution is 5.80. The monoisotopic (exact) mass is 302 g/mol. The lowest BCUT2D eigenvalue weighted by Gasteiger charge is -2.37.